The number of rotatable bonds is 8. The van der Waals surface area contributed by atoms with Crippen LogP contribution in [0.3, 0.4) is 0 Å². The molecule has 2 N–H and O–H groups in total. The molecule has 0 saturated carbocycles. The van der Waals surface area contributed by atoms with Crippen LogP contribution in [-0.4, -0.2) is 60.9 Å². The van der Waals surface area contributed by atoms with E-state index in [1.165, 1.54) is 28.4 Å². The van der Waals surface area contributed by atoms with E-state index in [0.29, 0.717) is 28.3 Å². The number of nitrogens with zero attached hydrogens (tertiary/aromatic N) is 3. The lowest BCUT2D eigenvalue weighted by Crippen LogP contribution is -2.70. The number of carboxylic acid groups (broad SMARTS) is 1. The SMILES string of the molecule is C=C(C1=C(C(=O)O)N2C(=O)C(NC(=O)CSc3ccccc3)[C@@H]2SC1)c1cc(-c2ccccn2)no1. The number of carbonyl (C=O) groups is 3. The first-order valence-electron chi connectivity index (χ1n) is 10.9. The number of allylic oxidation sites excluding steroid dienone is 1. The smallest absolute Gasteiger partial charge is 0.352 e. The number of nitrogens with one attached hydrogen (secondary N) is 1. The highest BCUT2D eigenvalue weighted by Gasteiger charge is 2.54. The van der Waals surface area contributed by atoms with Crippen LogP contribution in [0.1, 0.15) is 5.76 Å². The van der Waals surface area contributed by atoms with Crippen LogP contribution >= 0.6 is 23.5 Å². The van der Waals surface area contributed by atoms with Crippen molar-refractivity contribution in [1.29, 1.82) is 0 Å². The van der Waals surface area contributed by atoms with Crippen LogP contribution in [0.2, 0.25) is 0 Å². The number of fused-ring (bicyclic) bond motifs is 1. The normalized spacial score (nSPS) is 18.9. The monoisotopic (exact) mass is 520 g/mol. The average molecular weight is 521 g/mol. The van der Waals surface area contributed by atoms with Gasteiger partial charge in [0.2, 0.25) is 5.91 Å². The Balaban J connectivity index is 1.30. The number of thioether (sulfide) groups is 2. The maximum absolute atomic E-state index is 12.9. The third-order valence-corrected chi connectivity index (χ3v) is 7.99. The third kappa shape index (κ3) is 4.54. The van der Waals surface area contributed by atoms with Gasteiger partial charge in [-0.25, -0.2) is 4.79 Å². The lowest BCUT2D eigenvalue weighted by atomic mass is 9.98. The van der Waals surface area contributed by atoms with E-state index in [1.807, 2.05) is 36.4 Å². The van der Waals surface area contributed by atoms with Crippen molar-refractivity contribution in [3.8, 4) is 11.4 Å². The van der Waals surface area contributed by atoms with E-state index in [9.17, 15) is 19.5 Å². The molecule has 2 atom stereocenters. The first kappa shape index (κ1) is 23.9. The number of benzene rings is 1. The van der Waals surface area contributed by atoms with E-state index in [-0.39, 0.29) is 23.1 Å². The molecule has 2 aromatic heterocycles. The standard InChI is InChI=1S/C25H20N4O5S2/c1-14(19-11-18(28-34-19)17-9-5-6-10-26-17)16-12-36-24-21(23(31)29(24)22(16)25(32)33)27-20(30)13-35-15-7-3-2-4-8-15/h2-11,21,24H,1,12-13H2,(H,27,30)(H,32,33)/t21?,24-/m0/s1. The van der Waals surface area contributed by atoms with Crippen LogP contribution < -0.4 is 5.32 Å². The Morgan fingerprint density at radius 2 is 1.97 bits per heavy atom. The van der Waals surface area contributed by atoms with Gasteiger partial charge in [-0.1, -0.05) is 36.0 Å². The van der Waals surface area contributed by atoms with Crippen molar-refractivity contribution < 1.29 is 24.0 Å². The predicted octanol–water partition coefficient (Wildman–Crippen LogP) is 3.28. The summed E-state index contributed by atoms with van der Waals surface area (Å²) in [4.78, 5) is 44.0. The molecule has 2 amide bonds. The maximum Gasteiger partial charge on any atom is 0.352 e. The fourth-order valence-electron chi connectivity index (χ4n) is 3.93. The summed E-state index contributed by atoms with van der Waals surface area (Å²) in [5.74, 6) is -1.29. The molecular weight excluding hydrogens is 500 g/mol. The van der Waals surface area contributed by atoms with E-state index < -0.39 is 23.3 Å². The van der Waals surface area contributed by atoms with Gasteiger partial charge >= 0.3 is 5.97 Å². The van der Waals surface area contributed by atoms with Gasteiger partial charge in [-0.3, -0.25) is 19.5 Å². The molecule has 2 aliphatic rings. The van der Waals surface area contributed by atoms with Crippen molar-refractivity contribution in [3.05, 3.63) is 84.4 Å². The molecule has 3 aromatic rings. The Morgan fingerprint density at radius 1 is 1.19 bits per heavy atom. The van der Waals surface area contributed by atoms with Crippen molar-refractivity contribution in [1.82, 2.24) is 20.4 Å². The van der Waals surface area contributed by atoms with Gasteiger partial charge < -0.3 is 14.9 Å². The largest absolute Gasteiger partial charge is 0.477 e. The Bertz CT molecular complexity index is 1370. The summed E-state index contributed by atoms with van der Waals surface area (Å²) in [5, 5.41) is 16.2. The molecule has 36 heavy (non-hydrogen) atoms. The van der Waals surface area contributed by atoms with Gasteiger partial charge in [-0.15, -0.1) is 23.5 Å². The zero-order valence-electron chi connectivity index (χ0n) is 18.8. The third-order valence-electron chi connectivity index (χ3n) is 5.70. The molecule has 1 saturated heterocycles. The van der Waals surface area contributed by atoms with Crippen molar-refractivity contribution in [2.45, 2.75) is 16.3 Å². The number of carbonyl (C=O) groups excluding carboxylic acids is 2. The van der Waals surface area contributed by atoms with Crippen LogP contribution in [0.15, 0.2) is 88.1 Å². The minimum absolute atomic E-state index is 0.152. The van der Waals surface area contributed by atoms with Gasteiger partial charge in [0.15, 0.2) is 5.76 Å². The number of pyridine rings is 1. The zero-order valence-corrected chi connectivity index (χ0v) is 20.4. The topological polar surface area (TPSA) is 126 Å². The second kappa shape index (κ2) is 10.0. The minimum Gasteiger partial charge on any atom is -0.477 e. The van der Waals surface area contributed by atoms with Gasteiger partial charge in [-0.2, -0.15) is 0 Å². The van der Waals surface area contributed by atoms with Gasteiger partial charge in [0.1, 0.15) is 22.8 Å². The molecule has 11 heteroatoms. The molecule has 2 aliphatic heterocycles. The lowest BCUT2D eigenvalue weighted by molar-refractivity contribution is -0.150. The zero-order chi connectivity index (χ0) is 25.2. The highest BCUT2D eigenvalue weighted by molar-refractivity contribution is 8.00. The molecule has 1 aromatic carbocycles. The van der Waals surface area contributed by atoms with Crippen molar-refractivity contribution >= 4 is 46.9 Å². The van der Waals surface area contributed by atoms with E-state index in [1.54, 1.807) is 24.4 Å². The molecule has 1 fully saturated rings. The Kier molecular flexibility index (Phi) is 6.66. The van der Waals surface area contributed by atoms with Crippen LogP contribution in [0.25, 0.3) is 17.0 Å². The van der Waals surface area contributed by atoms with Crippen LogP contribution in [0.4, 0.5) is 0 Å². The molecule has 0 radical (unpaired) electrons. The van der Waals surface area contributed by atoms with Gasteiger partial charge in [0, 0.05) is 34.1 Å². The quantitative estimate of drug-likeness (QED) is 0.340. The summed E-state index contributed by atoms with van der Waals surface area (Å²) in [7, 11) is 0. The highest BCUT2D eigenvalue weighted by Crippen LogP contribution is 2.44. The number of carboxylic acids is 1. The molecule has 9 nitrogen and oxygen atoms in total. The van der Waals surface area contributed by atoms with Crippen LogP contribution in [0, 0.1) is 0 Å². The molecule has 5 rings (SSSR count). The average Bonchev–Trinajstić information content (AvgIpc) is 3.40. The fraction of sp³-hybridized carbons (Fsp3) is 0.160. The maximum atomic E-state index is 12.9. The molecular formula is C25H20N4O5S2. The highest BCUT2D eigenvalue weighted by atomic mass is 32.2. The number of hydrogen-bond donors (Lipinski definition) is 2. The van der Waals surface area contributed by atoms with E-state index >= 15 is 0 Å². The second-order valence-electron chi connectivity index (χ2n) is 7.96. The molecule has 182 valence electrons. The Labute approximate surface area is 214 Å². The molecule has 4 heterocycles. The van der Waals surface area contributed by atoms with Crippen molar-refractivity contribution in [2.75, 3.05) is 11.5 Å². The Morgan fingerprint density at radius 3 is 2.69 bits per heavy atom. The van der Waals surface area contributed by atoms with Crippen LogP contribution in [0.5, 0.6) is 0 Å². The van der Waals surface area contributed by atoms with Gasteiger partial charge in [0.25, 0.3) is 5.91 Å². The van der Waals surface area contributed by atoms with Crippen molar-refractivity contribution in [3.63, 3.8) is 0 Å². The molecule has 0 aliphatic carbocycles. The summed E-state index contributed by atoms with van der Waals surface area (Å²) in [6.07, 6.45) is 1.63. The van der Waals surface area contributed by atoms with Gasteiger partial charge in [0.05, 0.1) is 11.4 Å². The molecule has 0 bridgehead atoms. The summed E-state index contributed by atoms with van der Waals surface area (Å²) < 4.78 is 5.42. The van der Waals surface area contributed by atoms with E-state index in [0.717, 1.165) is 4.90 Å². The number of aromatic nitrogens is 2. The first-order chi connectivity index (χ1) is 17.4. The second-order valence-corrected chi connectivity index (χ2v) is 10.1. The fourth-order valence-corrected chi connectivity index (χ4v) is 6.05. The summed E-state index contributed by atoms with van der Waals surface area (Å²) in [6.45, 7) is 4.02. The first-order valence-corrected chi connectivity index (χ1v) is 12.9. The van der Waals surface area contributed by atoms with E-state index in [4.69, 9.17) is 4.52 Å². The number of amides is 2. The van der Waals surface area contributed by atoms with Gasteiger partial charge in [-0.05, 0) is 24.3 Å². The predicted molar refractivity (Wildman–Crippen MR) is 136 cm³/mol. The summed E-state index contributed by atoms with van der Waals surface area (Å²) >= 11 is 2.73. The van der Waals surface area contributed by atoms with Crippen molar-refractivity contribution in [2.24, 2.45) is 0 Å². The Hall–Kier alpha value is -3.83. The summed E-state index contributed by atoms with van der Waals surface area (Å²) in [5.41, 5.74) is 1.63. The summed E-state index contributed by atoms with van der Waals surface area (Å²) in [6, 6.07) is 15.7. The minimum atomic E-state index is -1.25. The van der Waals surface area contributed by atoms with E-state index in [2.05, 4.69) is 22.0 Å². The number of hydrogen-bond acceptors (Lipinski definition) is 8. The molecule has 0 spiro atoms. The molecule has 1 unspecified atom stereocenters. The van der Waals surface area contributed by atoms with Crippen LogP contribution in [-0.2, 0) is 14.4 Å². The number of aliphatic carboxylic acids is 1. The lowest BCUT2D eigenvalue weighted by Gasteiger charge is -2.49. The number of β-lactam (4-membered cyclic amide) rings is 1.